The fourth-order valence-corrected chi connectivity index (χ4v) is 1.50. The maximum atomic E-state index is 4.08. The summed E-state index contributed by atoms with van der Waals surface area (Å²) in [6.07, 6.45) is 5.26. The highest BCUT2D eigenvalue weighted by Gasteiger charge is 2.03. The maximum absolute atomic E-state index is 4.08. The van der Waals surface area contributed by atoms with Crippen LogP contribution in [-0.2, 0) is 0 Å². The third-order valence-electron chi connectivity index (χ3n) is 2.28. The first-order valence-corrected chi connectivity index (χ1v) is 5.47. The molecule has 0 bridgehead atoms. The van der Waals surface area contributed by atoms with E-state index in [-0.39, 0.29) is 0 Å². The first-order chi connectivity index (χ1) is 7.29. The minimum absolute atomic E-state index is 0.941. The van der Waals surface area contributed by atoms with E-state index in [2.05, 4.69) is 61.7 Å². The van der Waals surface area contributed by atoms with Crippen molar-refractivity contribution < 1.29 is 0 Å². The Kier molecular flexibility index (Phi) is 4.69. The van der Waals surface area contributed by atoms with Crippen LogP contribution in [0.4, 0.5) is 5.69 Å². The molecule has 1 heteroatoms. The third kappa shape index (κ3) is 3.28. The lowest BCUT2D eigenvalue weighted by Gasteiger charge is -2.23. The minimum Gasteiger partial charge on any atom is -0.342 e. The lowest BCUT2D eigenvalue weighted by Crippen LogP contribution is -2.19. The fraction of sp³-hybridized carbons (Fsp3) is 0.286. The van der Waals surface area contributed by atoms with Crippen molar-refractivity contribution in [2.75, 3.05) is 11.4 Å². The van der Waals surface area contributed by atoms with Crippen molar-refractivity contribution in [1.82, 2.24) is 0 Å². The standard InChI is InChI=1S/C14H19N/c1-4-6-10-13(3)15(5-2)14-11-8-7-9-12-14/h6-12H,3-5H2,1-2H3/b10-6-. The highest BCUT2D eigenvalue weighted by molar-refractivity contribution is 5.53. The van der Waals surface area contributed by atoms with Crippen molar-refractivity contribution >= 4 is 5.69 Å². The molecule has 0 heterocycles. The summed E-state index contributed by atoms with van der Waals surface area (Å²) in [6.45, 7) is 9.28. The summed E-state index contributed by atoms with van der Waals surface area (Å²) in [5, 5.41) is 0. The molecule has 0 saturated heterocycles. The minimum atomic E-state index is 0.941. The molecular weight excluding hydrogens is 182 g/mol. The Hall–Kier alpha value is -1.50. The van der Waals surface area contributed by atoms with E-state index in [1.54, 1.807) is 0 Å². The van der Waals surface area contributed by atoms with E-state index in [1.807, 2.05) is 6.07 Å². The zero-order valence-corrected chi connectivity index (χ0v) is 9.61. The highest BCUT2D eigenvalue weighted by atomic mass is 15.1. The molecule has 1 nitrogen and oxygen atoms in total. The van der Waals surface area contributed by atoms with Gasteiger partial charge in [-0.1, -0.05) is 37.8 Å². The number of benzene rings is 1. The molecule has 0 atom stereocenters. The first kappa shape index (κ1) is 11.6. The van der Waals surface area contributed by atoms with Crippen LogP contribution in [-0.4, -0.2) is 6.54 Å². The van der Waals surface area contributed by atoms with Crippen LogP contribution in [0.5, 0.6) is 0 Å². The van der Waals surface area contributed by atoms with Crippen LogP contribution in [0, 0.1) is 0 Å². The molecule has 80 valence electrons. The largest absolute Gasteiger partial charge is 0.342 e. The molecular formula is C14H19N. The van der Waals surface area contributed by atoms with Gasteiger partial charge in [-0.05, 0) is 31.6 Å². The number of rotatable bonds is 5. The molecule has 1 rings (SSSR count). The van der Waals surface area contributed by atoms with Gasteiger partial charge in [-0.25, -0.2) is 0 Å². The second-order valence-corrected chi connectivity index (χ2v) is 3.38. The van der Waals surface area contributed by atoms with Gasteiger partial charge in [0.1, 0.15) is 0 Å². The zero-order chi connectivity index (χ0) is 11.1. The Morgan fingerprint density at radius 1 is 1.27 bits per heavy atom. The average Bonchev–Trinajstić information content (AvgIpc) is 2.29. The van der Waals surface area contributed by atoms with Crippen molar-refractivity contribution in [3.05, 3.63) is 54.8 Å². The number of para-hydroxylation sites is 1. The number of likely N-dealkylation sites (N-methyl/N-ethyl adjacent to an activating group) is 1. The second-order valence-electron chi connectivity index (χ2n) is 3.38. The number of hydrogen-bond acceptors (Lipinski definition) is 1. The average molecular weight is 201 g/mol. The lowest BCUT2D eigenvalue weighted by molar-refractivity contribution is 0.980. The third-order valence-corrected chi connectivity index (χ3v) is 2.28. The van der Waals surface area contributed by atoms with Crippen LogP contribution in [0.15, 0.2) is 54.8 Å². The Morgan fingerprint density at radius 3 is 2.47 bits per heavy atom. The van der Waals surface area contributed by atoms with E-state index in [0.29, 0.717) is 0 Å². The van der Waals surface area contributed by atoms with Gasteiger partial charge in [0.05, 0.1) is 0 Å². The SMILES string of the molecule is C=C(/C=C\CC)N(CC)c1ccccc1. The summed E-state index contributed by atoms with van der Waals surface area (Å²) < 4.78 is 0. The number of nitrogens with zero attached hydrogens (tertiary/aromatic N) is 1. The Bertz CT molecular complexity index is 324. The number of allylic oxidation sites excluding steroid dienone is 2. The van der Waals surface area contributed by atoms with Crippen LogP contribution >= 0.6 is 0 Å². The topological polar surface area (TPSA) is 3.24 Å². The predicted octanol–water partition coefficient (Wildman–Crippen LogP) is 3.99. The van der Waals surface area contributed by atoms with Gasteiger partial charge < -0.3 is 4.90 Å². The van der Waals surface area contributed by atoms with E-state index in [0.717, 1.165) is 18.7 Å². The Balaban J connectivity index is 2.80. The van der Waals surface area contributed by atoms with E-state index < -0.39 is 0 Å². The van der Waals surface area contributed by atoms with Gasteiger partial charge in [0.25, 0.3) is 0 Å². The van der Waals surface area contributed by atoms with E-state index >= 15 is 0 Å². The van der Waals surface area contributed by atoms with Crippen LogP contribution in [0.2, 0.25) is 0 Å². The molecule has 15 heavy (non-hydrogen) atoms. The molecule has 0 radical (unpaired) electrons. The van der Waals surface area contributed by atoms with Crippen molar-refractivity contribution in [1.29, 1.82) is 0 Å². The van der Waals surface area contributed by atoms with Crippen molar-refractivity contribution in [3.63, 3.8) is 0 Å². The molecule has 0 amide bonds. The van der Waals surface area contributed by atoms with Gasteiger partial charge in [0.15, 0.2) is 0 Å². The molecule has 0 N–H and O–H groups in total. The summed E-state index contributed by atoms with van der Waals surface area (Å²) in [7, 11) is 0. The van der Waals surface area contributed by atoms with Gasteiger partial charge in [-0.3, -0.25) is 0 Å². The number of hydrogen-bond donors (Lipinski definition) is 0. The van der Waals surface area contributed by atoms with Gasteiger partial charge in [0, 0.05) is 17.9 Å². The van der Waals surface area contributed by atoms with E-state index in [9.17, 15) is 0 Å². The quantitative estimate of drug-likeness (QED) is 0.651. The Morgan fingerprint density at radius 2 is 1.93 bits per heavy atom. The second kappa shape index (κ2) is 6.07. The van der Waals surface area contributed by atoms with Gasteiger partial charge in [-0.2, -0.15) is 0 Å². The molecule has 1 aromatic carbocycles. The predicted molar refractivity (Wildman–Crippen MR) is 68.0 cm³/mol. The van der Waals surface area contributed by atoms with Gasteiger partial charge in [-0.15, -0.1) is 0 Å². The van der Waals surface area contributed by atoms with Crippen molar-refractivity contribution in [2.24, 2.45) is 0 Å². The maximum Gasteiger partial charge on any atom is 0.0410 e. The zero-order valence-electron chi connectivity index (χ0n) is 9.61. The summed E-state index contributed by atoms with van der Waals surface area (Å²) in [5.41, 5.74) is 2.25. The van der Waals surface area contributed by atoms with Crippen LogP contribution < -0.4 is 4.90 Å². The molecule has 0 aliphatic rings. The van der Waals surface area contributed by atoms with Crippen molar-refractivity contribution in [3.8, 4) is 0 Å². The monoisotopic (exact) mass is 201 g/mol. The Labute approximate surface area is 92.7 Å². The summed E-state index contributed by atoms with van der Waals surface area (Å²) in [4.78, 5) is 2.20. The molecule has 0 spiro atoms. The fourth-order valence-electron chi connectivity index (χ4n) is 1.50. The molecule has 0 fully saturated rings. The first-order valence-electron chi connectivity index (χ1n) is 5.47. The molecule has 1 aromatic rings. The van der Waals surface area contributed by atoms with Gasteiger partial charge >= 0.3 is 0 Å². The molecule has 0 aromatic heterocycles. The highest BCUT2D eigenvalue weighted by Crippen LogP contribution is 2.17. The smallest absolute Gasteiger partial charge is 0.0410 e. The molecule has 0 aliphatic heterocycles. The van der Waals surface area contributed by atoms with Crippen molar-refractivity contribution in [2.45, 2.75) is 20.3 Å². The summed E-state index contributed by atoms with van der Waals surface area (Å²) in [6, 6.07) is 10.3. The number of anilines is 1. The molecule has 0 saturated carbocycles. The van der Waals surface area contributed by atoms with E-state index in [4.69, 9.17) is 0 Å². The van der Waals surface area contributed by atoms with E-state index in [1.165, 1.54) is 5.69 Å². The lowest BCUT2D eigenvalue weighted by atomic mass is 10.2. The molecule has 0 aliphatic carbocycles. The van der Waals surface area contributed by atoms with Gasteiger partial charge in [0.2, 0.25) is 0 Å². The van der Waals surface area contributed by atoms with Crippen LogP contribution in [0.3, 0.4) is 0 Å². The molecule has 0 unspecified atom stereocenters. The summed E-state index contributed by atoms with van der Waals surface area (Å²) in [5.74, 6) is 0. The van der Waals surface area contributed by atoms with Crippen LogP contribution in [0.1, 0.15) is 20.3 Å². The van der Waals surface area contributed by atoms with Crippen LogP contribution in [0.25, 0.3) is 0 Å². The summed E-state index contributed by atoms with van der Waals surface area (Å²) >= 11 is 0. The normalized spacial score (nSPS) is 10.5.